The summed E-state index contributed by atoms with van der Waals surface area (Å²) in [6.45, 7) is 4.36. The second kappa shape index (κ2) is 4.90. The van der Waals surface area contributed by atoms with E-state index in [1.807, 2.05) is 0 Å². The maximum Gasteiger partial charge on any atom is 0.166 e. The molecule has 0 radical (unpaired) electrons. The van der Waals surface area contributed by atoms with Crippen molar-refractivity contribution in [3.8, 4) is 11.5 Å². The van der Waals surface area contributed by atoms with Crippen LogP contribution in [0.3, 0.4) is 0 Å². The molecule has 0 bridgehead atoms. The van der Waals surface area contributed by atoms with Crippen LogP contribution in [0.25, 0.3) is 0 Å². The number of alkyl halides is 1. The third kappa shape index (κ3) is 2.13. The van der Waals surface area contributed by atoms with E-state index in [2.05, 4.69) is 39.2 Å². The van der Waals surface area contributed by atoms with Crippen LogP contribution in [0.5, 0.6) is 11.5 Å². The molecule has 2 heterocycles. The van der Waals surface area contributed by atoms with Crippen LogP contribution in [0.1, 0.15) is 29.5 Å². The van der Waals surface area contributed by atoms with Crippen molar-refractivity contribution in [2.75, 3.05) is 27.7 Å². The highest BCUT2D eigenvalue weighted by Gasteiger charge is 2.54. The van der Waals surface area contributed by atoms with Crippen molar-refractivity contribution >= 4 is 11.6 Å². The highest BCUT2D eigenvalue weighted by Crippen LogP contribution is 2.57. The molecule has 0 saturated heterocycles. The van der Waals surface area contributed by atoms with Crippen LogP contribution < -0.4 is 9.47 Å². The zero-order valence-corrected chi connectivity index (χ0v) is 15.1. The van der Waals surface area contributed by atoms with Crippen molar-refractivity contribution in [2.45, 2.75) is 43.2 Å². The zero-order valence-electron chi connectivity index (χ0n) is 14.4. The Labute approximate surface area is 143 Å². The van der Waals surface area contributed by atoms with E-state index in [1.54, 1.807) is 7.11 Å². The van der Waals surface area contributed by atoms with E-state index in [0.29, 0.717) is 0 Å². The third-order valence-corrected chi connectivity index (χ3v) is 6.18. The fraction of sp³-hybridized carbons (Fsp3) is 0.579. The summed E-state index contributed by atoms with van der Waals surface area (Å²) in [6, 6.07) is 2.13. The molecule has 0 N–H and O–H groups in total. The second-order valence-corrected chi connectivity index (χ2v) is 8.46. The van der Waals surface area contributed by atoms with Crippen molar-refractivity contribution in [1.29, 1.82) is 0 Å². The Bertz CT molecular complexity index is 697. The average Bonchev–Trinajstić information content (AvgIpc) is 2.76. The molecule has 124 valence electrons. The van der Waals surface area contributed by atoms with Crippen LogP contribution in [-0.4, -0.2) is 43.7 Å². The lowest BCUT2D eigenvalue weighted by atomic mass is 9.69. The number of quaternary nitrogens is 1. The normalized spacial score (nSPS) is 33.4. The van der Waals surface area contributed by atoms with Gasteiger partial charge in [-0.3, -0.25) is 0 Å². The number of allylic oxidation sites excluding steroid dienone is 1. The predicted molar refractivity (Wildman–Crippen MR) is 92.5 cm³/mol. The fourth-order valence-corrected chi connectivity index (χ4v) is 4.79. The highest BCUT2D eigenvalue weighted by molar-refractivity contribution is 6.21. The largest absolute Gasteiger partial charge is 0.493 e. The molecule has 3 unspecified atom stereocenters. The molecular formula is C19H25ClNO2+. The Balaban J connectivity index is 2.01. The number of ether oxygens (including phenoxy) is 2. The van der Waals surface area contributed by atoms with Crippen LogP contribution in [0.2, 0.25) is 0 Å². The summed E-state index contributed by atoms with van der Waals surface area (Å²) >= 11 is 6.40. The van der Waals surface area contributed by atoms with Gasteiger partial charge >= 0.3 is 0 Å². The van der Waals surface area contributed by atoms with Gasteiger partial charge in [0.15, 0.2) is 11.5 Å². The first-order valence-corrected chi connectivity index (χ1v) is 8.83. The molecule has 1 aliphatic carbocycles. The van der Waals surface area contributed by atoms with Gasteiger partial charge in [0.1, 0.15) is 12.6 Å². The van der Waals surface area contributed by atoms with Crippen molar-refractivity contribution < 1.29 is 14.0 Å². The Kier molecular flexibility index (Phi) is 3.27. The van der Waals surface area contributed by atoms with Gasteiger partial charge in [-0.05, 0) is 18.6 Å². The lowest BCUT2D eigenvalue weighted by Gasteiger charge is -2.36. The van der Waals surface area contributed by atoms with Gasteiger partial charge in [-0.15, -0.1) is 11.6 Å². The standard InChI is InChI=1S/C19H25ClNO2/c1-12-9-15(22-4)18-17-14(12)11-21(2,3)8-7-19(17)6-5-13(20)10-16(19)23-18/h5-6,9,13,16H,7-8,10-11H2,1-4H3/q+1. The summed E-state index contributed by atoms with van der Waals surface area (Å²) in [4.78, 5) is 0. The van der Waals surface area contributed by atoms with E-state index < -0.39 is 0 Å². The lowest BCUT2D eigenvalue weighted by molar-refractivity contribution is -0.903. The summed E-state index contributed by atoms with van der Waals surface area (Å²) in [5, 5.41) is 0.0567. The summed E-state index contributed by atoms with van der Waals surface area (Å²) in [6.07, 6.45) is 6.58. The van der Waals surface area contributed by atoms with Gasteiger partial charge in [0.05, 0.1) is 38.5 Å². The van der Waals surface area contributed by atoms with Gasteiger partial charge in [0.2, 0.25) is 0 Å². The van der Waals surface area contributed by atoms with Crippen molar-refractivity contribution in [2.24, 2.45) is 0 Å². The lowest BCUT2D eigenvalue weighted by Crippen LogP contribution is -2.44. The zero-order chi connectivity index (χ0) is 16.4. The molecule has 0 amide bonds. The van der Waals surface area contributed by atoms with E-state index in [-0.39, 0.29) is 16.9 Å². The Morgan fingerprint density at radius 2 is 2.17 bits per heavy atom. The SMILES string of the molecule is COc1cc(C)c2c3c1OC1CC(Cl)C=CC31CC[N+](C)(C)C2. The van der Waals surface area contributed by atoms with Gasteiger partial charge < -0.3 is 14.0 Å². The van der Waals surface area contributed by atoms with Crippen LogP contribution in [-0.2, 0) is 12.0 Å². The quantitative estimate of drug-likeness (QED) is 0.444. The molecule has 1 aromatic carbocycles. The summed E-state index contributed by atoms with van der Waals surface area (Å²) in [7, 11) is 6.37. The smallest absolute Gasteiger partial charge is 0.166 e. The first kappa shape index (κ1) is 15.3. The fourth-order valence-electron chi connectivity index (χ4n) is 4.55. The number of hydrogen-bond donors (Lipinski definition) is 0. The number of benzene rings is 1. The third-order valence-electron chi connectivity index (χ3n) is 5.85. The molecule has 3 nitrogen and oxygen atoms in total. The topological polar surface area (TPSA) is 18.5 Å². The minimum atomic E-state index is -0.0403. The molecule has 1 aromatic rings. The van der Waals surface area contributed by atoms with Crippen molar-refractivity contribution in [3.63, 3.8) is 0 Å². The first-order valence-electron chi connectivity index (χ1n) is 8.39. The minimum Gasteiger partial charge on any atom is -0.493 e. The van der Waals surface area contributed by atoms with E-state index in [0.717, 1.165) is 41.9 Å². The van der Waals surface area contributed by atoms with Crippen molar-refractivity contribution in [1.82, 2.24) is 0 Å². The summed E-state index contributed by atoms with van der Waals surface area (Å²) in [5.74, 6) is 1.82. The van der Waals surface area contributed by atoms with Crippen molar-refractivity contribution in [3.05, 3.63) is 34.9 Å². The van der Waals surface area contributed by atoms with Crippen LogP contribution >= 0.6 is 11.6 Å². The molecule has 4 rings (SSSR count). The van der Waals surface area contributed by atoms with E-state index in [9.17, 15) is 0 Å². The van der Waals surface area contributed by atoms with Crippen LogP contribution in [0.4, 0.5) is 0 Å². The van der Waals surface area contributed by atoms with Gasteiger partial charge in [0, 0.05) is 24.0 Å². The van der Waals surface area contributed by atoms with Gasteiger partial charge in [0.25, 0.3) is 0 Å². The monoisotopic (exact) mass is 334 g/mol. The molecular weight excluding hydrogens is 310 g/mol. The van der Waals surface area contributed by atoms with Gasteiger partial charge in [-0.25, -0.2) is 0 Å². The minimum absolute atomic E-state index is 0.0403. The Hall–Kier alpha value is -1.19. The van der Waals surface area contributed by atoms with Crippen LogP contribution in [0.15, 0.2) is 18.2 Å². The molecule has 0 saturated carbocycles. The Morgan fingerprint density at radius 1 is 1.39 bits per heavy atom. The number of aryl methyl sites for hydroxylation is 1. The molecule has 2 aliphatic heterocycles. The maximum absolute atomic E-state index is 6.43. The molecule has 3 atom stereocenters. The number of rotatable bonds is 1. The predicted octanol–water partition coefficient (Wildman–Crippen LogP) is 3.55. The molecule has 0 aromatic heterocycles. The molecule has 4 heteroatoms. The van der Waals surface area contributed by atoms with E-state index in [4.69, 9.17) is 21.1 Å². The van der Waals surface area contributed by atoms with Gasteiger partial charge in [-0.2, -0.15) is 0 Å². The first-order chi connectivity index (χ1) is 10.9. The van der Waals surface area contributed by atoms with Gasteiger partial charge in [-0.1, -0.05) is 12.2 Å². The summed E-state index contributed by atoms with van der Waals surface area (Å²) < 4.78 is 13.1. The number of halogens is 1. The Morgan fingerprint density at radius 3 is 2.91 bits per heavy atom. The van der Waals surface area contributed by atoms with E-state index in [1.165, 1.54) is 16.7 Å². The average molecular weight is 335 g/mol. The highest BCUT2D eigenvalue weighted by atomic mass is 35.5. The number of hydrogen-bond acceptors (Lipinski definition) is 2. The van der Waals surface area contributed by atoms with Crippen LogP contribution in [0, 0.1) is 6.92 Å². The molecule has 0 fully saturated rings. The maximum atomic E-state index is 6.43. The van der Waals surface area contributed by atoms with E-state index >= 15 is 0 Å². The number of nitrogens with zero attached hydrogens (tertiary/aromatic N) is 1. The summed E-state index contributed by atoms with van der Waals surface area (Å²) in [5.41, 5.74) is 4.06. The second-order valence-electron chi connectivity index (χ2n) is 7.90. The molecule has 23 heavy (non-hydrogen) atoms. The molecule has 1 spiro atoms. The number of methoxy groups -OCH3 is 1. The molecule has 3 aliphatic rings.